The summed E-state index contributed by atoms with van der Waals surface area (Å²) in [5, 5.41) is 17.7. The number of halogens is 1. The first-order chi connectivity index (χ1) is 20.7. The van der Waals surface area contributed by atoms with Gasteiger partial charge >= 0.3 is 12.1 Å². The fraction of sp³-hybridized carbons (Fsp3) is 0.806. The molecule has 2 saturated heterocycles. The van der Waals surface area contributed by atoms with Crippen LogP contribution in [0.25, 0.3) is 0 Å². The maximum Gasteiger partial charge on any atom is 0.408 e. The summed E-state index contributed by atoms with van der Waals surface area (Å²) in [4.78, 5) is 55.3. The van der Waals surface area contributed by atoms with Crippen LogP contribution in [0.5, 0.6) is 0 Å². The highest BCUT2D eigenvalue weighted by Crippen LogP contribution is 2.45. The molecule has 3 heterocycles. The summed E-state index contributed by atoms with van der Waals surface area (Å²) in [7, 11) is 0. The normalized spacial score (nSPS) is 40.9. The molecule has 5 N–H and O–H groups in total. The number of nitrogens with zero attached hydrogens (tertiary/aromatic N) is 2. The van der Waals surface area contributed by atoms with Crippen molar-refractivity contribution in [2.45, 2.75) is 132 Å². The summed E-state index contributed by atoms with van der Waals surface area (Å²) in [6, 6.07) is -1.61. The van der Waals surface area contributed by atoms with E-state index >= 15 is 0 Å². The molecule has 0 aromatic heterocycles. The number of fused-ring (bicyclic) bond motifs is 3. The van der Waals surface area contributed by atoms with Crippen molar-refractivity contribution in [3.8, 4) is 0 Å². The van der Waals surface area contributed by atoms with E-state index in [1.807, 2.05) is 17.3 Å². The standard InChI is InChI=1S/C31H49BrN6O6/c1-17-18(2)25-23(14-21(17)32)35-38(36-25)20-13-24-26(39)34-31(28(41)42)15-19(31)11-9-7-6-8-10-12-22(27(40)37(24)16-20)33-29(43)44-30(3,4)5/h9,11,17-25,35-36H,6-8,10,12-16H2,1-5H3,(H,33,43)(H,34,39)(H,41,42)/b11-9-/t17?,18?,19-,20+,21?,22+,23?,24+,25?,31-/m1/s1. The molecular formula is C31H49BrN6O6. The Morgan fingerprint density at radius 2 is 1.86 bits per heavy atom. The maximum absolute atomic E-state index is 14.2. The van der Waals surface area contributed by atoms with Gasteiger partial charge in [-0.15, -0.1) is 0 Å². The highest BCUT2D eigenvalue weighted by Gasteiger charge is 2.61. The summed E-state index contributed by atoms with van der Waals surface area (Å²) in [5.41, 5.74) is 5.11. The minimum absolute atomic E-state index is 0.198. The Labute approximate surface area is 268 Å². The number of carboxylic acid groups (broad SMARTS) is 1. The molecule has 12 nitrogen and oxygen atoms in total. The third kappa shape index (κ3) is 6.95. The first kappa shape index (κ1) is 33.2. The van der Waals surface area contributed by atoms with Crippen molar-refractivity contribution in [2.75, 3.05) is 6.54 Å². The van der Waals surface area contributed by atoms with Gasteiger partial charge in [-0.2, -0.15) is 5.12 Å². The molecule has 5 rings (SSSR count). The van der Waals surface area contributed by atoms with E-state index < -0.39 is 41.2 Å². The van der Waals surface area contributed by atoms with Crippen LogP contribution in [0.2, 0.25) is 0 Å². The summed E-state index contributed by atoms with van der Waals surface area (Å²) < 4.78 is 5.48. The van der Waals surface area contributed by atoms with Gasteiger partial charge in [-0.25, -0.2) is 20.4 Å². The molecule has 5 aliphatic rings. The second kappa shape index (κ2) is 12.9. The molecule has 246 valence electrons. The van der Waals surface area contributed by atoms with Crippen molar-refractivity contribution in [1.29, 1.82) is 0 Å². The fourth-order valence-electron chi connectivity index (χ4n) is 7.27. The molecule has 0 aromatic rings. The number of hydrogen-bond donors (Lipinski definition) is 5. The SMILES string of the molecule is CC1C(Br)CC2NN([C@H]3C[C@H]4C(=O)N[C@]5(C(=O)O)C[C@H]5/C=C\CCCCC[C@H](NC(=O)OC(C)(C)C)C(=O)N4C3)NC2C1C. The zero-order valence-corrected chi connectivity index (χ0v) is 28.1. The number of carboxylic acids is 1. The number of amides is 3. The van der Waals surface area contributed by atoms with Crippen molar-refractivity contribution in [3.63, 3.8) is 0 Å². The fourth-order valence-corrected chi connectivity index (χ4v) is 8.15. The second-order valence-corrected chi connectivity index (χ2v) is 15.6. The Morgan fingerprint density at radius 1 is 1.11 bits per heavy atom. The highest BCUT2D eigenvalue weighted by atomic mass is 79.9. The highest BCUT2D eigenvalue weighted by molar-refractivity contribution is 9.09. The number of carbonyl (C=O) groups is 4. The van der Waals surface area contributed by atoms with Crippen LogP contribution in [0.4, 0.5) is 4.79 Å². The van der Waals surface area contributed by atoms with E-state index in [1.54, 1.807) is 20.8 Å². The number of hydrogen-bond acceptors (Lipinski definition) is 8. The zero-order chi connectivity index (χ0) is 32.0. The van der Waals surface area contributed by atoms with Gasteiger partial charge in [0.2, 0.25) is 11.8 Å². The van der Waals surface area contributed by atoms with Crippen molar-refractivity contribution in [1.82, 2.24) is 31.5 Å². The van der Waals surface area contributed by atoms with E-state index in [9.17, 15) is 24.3 Å². The van der Waals surface area contributed by atoms with Crippen LogP contribution >= 0.6 is 15.9 Å². The number of rotatable bonds is 3. The Bertz CT molecular complexity index is 1160. The smallest absolute Gasteiger partial charge is 0.408 e. The van der Waals surface area contributed by atoms with Gasteiger partial charge in [0.1, 0.15) is 23.2 Å². The molecule has 0 aromatic carbocycles. The average molecular weight is 682 g/mol. The van der Waals surface area contributed by atoms with Crippen LogP contribution in [-0.4, -0.2) is 91.7 Å². The second-order valence-electron chi connectivity index (χ2n) is 14.5. The third-order valence-electron chi connectivity index (χ3n) is 10.2. The number of aliphatic carboxylic acids is 1. The Balaban J connectivity index is 1.40. The van der Waals surface area contributed by atoms with E-state index in [-0.39, 0.29) is 36.5 Å². The monoisotopic (exact) mass is 680 g/mol. The molecule has 44 heavy (non-hydrogen) atoms. The van der Waals surface area contributed by atoms with Gasteiger partial charge < -0.3 is 25.4 Å². The summed E-state index contributed by atoms with van der Waals surface area (Å²) in [5.74, 6) is -1.33. The number of ether oxygens (including phenoxy) is 1. The lowest BCUT2D eigenvalue weighted by atomic mass is 9.76. The average Bonchev–Trinajstić information content (AvgIpc) is 3.25. The molecule has 0 spiro atoms. The molecule has 5 unspecified atom stereocenters. The van der Waals surface area contributed by atoms with E-state index in [4.69, 9.17) is 4.74 Å². The molecule has 10 atom stereocenters. The molecule has 13 heteroatoms. The van der Waals surface area contributed by atoms with Crippen molar-refractivity contribution in [2.24, 2.45) is 17.8 Å². The van der Waals surface area contributed by atoms with Gasteiger partial charge in [0.15, 0.2) is 0 Å². The van der Waals surface area contributed by atoms with E-state index in [0.29, 0.717) is 42.3 Å². The van der Waals surface area contributed by atoms with Gasteiger partial charge in [-0.1, -0.05) is 54.8 Å². The van der Waals surface area contributed by atoms with Gasteiger partial charge in [-0.3, -0.25) is 9.59 Å². The Morgan fingerprint density at radius 3 is 2.57 bits per heavy atom. The number of alkyl halides is 1. The molecule has 3 amide bonds. The first-order valence-electron chi connectivity index (χ1n) is 16.2. The van der Waals surface area contributed by atoms with Crippen LogP contribution in [0, 0.1) is 17.8 Å². The van der Waals surface area contributed by atoms with Crippen LogP contribution in [0.3, 0.4) is 0 Å². The number of allylic oxidation sites excluding steroid dienone is 1. The molecule has 0 radical (unpaired) electrons. The predicted molar refractivity (Wildman–Crippen MR) is 167 cm³/mol. The number of nitrogens with one attached hydrogen (secondary N) is 4. The molecule has 0 bridgehead atoms. The summed E-state index contributed by atoms with van der Waals surface area (Å²) >= 11 is 3.84. The predicted octanol–water partition coefficient (Wildman–Crippen LogP) is 2.83. The summed E-state index contributed by atoms with van der Waals surface area (Å²) in [6.07, 6.45) is 8.40. The quantitative estimate of drug-likeness (QED) is 0.224. The van der Waals surface area contributed by atoms with Crippen molar-refractivity contribution in [3.05, 3.63) is 12.2 Å². The first-order valence-corrected chi connectivity index (χ1v) is 17.1. The molecular weight excluding hydrogens is 632 g/mol. The van der Waals surface area contributed by atoms with Gasteiger partial charge in [0.25, 0.3) is 0 Å². The Kier molecular flexibility index (Phi) is 9.71. The van der Waals surface area contributed by atoms with Crippen molar-refractivity contribution < 1.29 is 29.0 Å². The summed E-state index contributed by atoms with van der Waals surface area (Å²) in [6.45, 7) is 10.0. The van der Waals surface area contributed by atoms with Crippen LogP contribution in [-0.2, 0) is 19.1 Å². The maximum atomic E-state index is 14.2. The van der Waals surface area contributed by atoms with Crippen LogP contribution < -0.4 is 21.5 Å². The minimum Gasteiger partial charge on any atom is -0.479 e. The molecule has 4 fully saturated rings. The molecule has 3 aliphatic heterocycles. The third-order valence-corrected chi connectivity index (χ3v) is 11.4. The lowest BCUT2D eigenvalue weighted by Crippen LogP contribution is -2.56. The number of alkyl carbamates (subject to hydrolysis) is 1. The van der Waals surface area contributed by atoms with E-state index in [1.165, 1.54) is 4.90 Å². The zero-order valence-electron chi connectivity index (χ0n) is 26.5. The van der Waals surface area contributed by atoms with Crippen molar-refractivity contribution >= 4 is 39.8 Å². The van der Waals surface area contributed by atoms with E-state index in [0.717, 1.165) is 25.7 Å². The largest absolute Gasteiger partial charge is 0.479 e. The lowest BCUT2D eigenvalue weighted by molar-refractivity contribution is -0.145. The van der Waals surface area contributed by atoms with Crippen LogP contribution in [0.15, 0.2) is 12.2 Å². The minimum atomic E-state index is -1.37. The molecule has 2 aliphatic carbocycles. The Hall–Kier alpha value is -2.22. The van der Waals surface area contributed by atoms with E-state index in [2.05, 4.69) is 51.3 Å². The number of hydrazine groups is 2. The van der Waals surface area contributed by atoms with Gasteiger partial charge in [-0.05, 0) is 71.1 Å². The van der Waals surface area contributed by atoms with Gasteiger partial charge in [0, 0.05) is 29.4 Å². The topological polar surface area (TPSA) is 152 Å². The lowest BCUT2D eigenvalue weighted by Gasteiger charge is -2.38. The number of carbonyl (C=O) groups excluding carboxylic acids is 3. The molecule has 2 saturated carbocycles. The van der Waals surface area contributed by atoms with Crippen LogP contribution in [0.1, 0.15) is 86.0 Å². The van der Waals surface area contributed by atoms with Gasteiger partial charge in [0.05, 0.1) is 6.04 Å².